The van der Waals surface area contributed by atoms with Gasteiger partial charge in [0.25, 0.3) is 0 Å². The van der Waals surface area contributed by atoms with Gasteiger partial charge in [0.05, 0.1) is 5.56 Å². The van der Waals surface area contributed by atoms with Crippen LogP contribution in [0, 0.1) is 0 Å². The fourth-order valence-corrected chi connectivity index (χ4v) is 2.04. The maximum atomic E-state index is 11.2. The number of halogens is 1. The van der Waals surface area contributed by atoms with Gasteiger partial charge in [-0.2, -0.15) is 0 Å². The molecule has 0 aliphatic rings. The molecule has 86 valence electrons. The summed E-state index contributed by atoms with van der Waals surface area (Å²) in [6.07, 6.45) is 0.571. The normalized spacial score (nSPS) is 10.2. The largest absolute Gasteiger partial charge is 0.478 e. The summed E-state index contributed by atoms with van der Waals surface area (Å²) in [5.41, 5.74) is 0.541. The lowest BCUT2D eigenvalue weighted by Crippen LogP contribution is -2.00. The summed E-state index contributed by atoms with van der Waals surface area (Å²) >= 11 is 3.18. The Kier molecular flexibility index (Phi) is 3.10. The molecular formula is C12H7BrO4. The van der Waals surface area contributed by atoms with Crippen LogP contribution >= 0.6 is 15.9 Å². The van der Waals surface area contributed by atoms with Crippen molar-refractivity contribution in [2.24, 2.45) is 0 Å². The molecule has 0 atom stereocenters. The Morgan fingerprint density at radius 2 is 2.06 bits per heavy atom. The third kappa shape index (κ3) is 2.14. The third-order valence-electron chi connectivity index (χ3n) is 2.24. The summed E-state index contributed by atoms with van der Waals surface area (Å²) in [6.45, 7) is 0. The maximum absolute atomic E-state index is 11.2. The predicted octanol–water partition coefficient (Wildman–Crippen LogP) is 3.22. The van der Waals surface area contributed by atoms with E-state index in [2.05, 4.69) is 15.9 Å². The highest BCUT2D eigenvalue weighted by Crippen LogP contribution is 2.30. The summed E-state index contributed by atoms with van der Waals surface area (Å²) in [4.78, 5) is 21.7. The van der Waals surface area contributed by atoms with Crippen molar-refractivity contribution in [3.63, 3.8) is 0 Å². The number of aldehydes is 1. The second-order valence-electron chi connectivity index (χ2n) is 3.29. The van der Waals surface area contributed by atoms with Crippen molar-refractivity contribution in [3.05, 3.63) is 46.1 Å². The Labute approximate surface area is 105 Å². The molecule has 1 aromatic carbocycles. The molecule has 0 spiro atoms. The molecule has 0 saturated carbocycles. The number of hydrogen-bond acceptors (Lipinski definition) is 3. The number of carbonyl (C=O) groups excluding carboxylic acids is 1. The van der Waals surface area contributed by atoms with Gasteiger partial charge in [-0.3, -0.25) is 4.79 Å². The van der Waals surface area contributed by atoms with E-state index in [-0.39, 0.29) is 11.3 Å². The molecule has 1 N–H and O–H groups in total. The van der Waals surface area contributed by atoms with Crippen LogP contribution in [0.1, 0.15) is 20.9 Å². The van der Waals surface area contributed by atoms with E-state index in [1.54, 1.807) is 24.3 Å². The quantitative estimate of drug-likeness (QED) is 0.883. The average molecular weight is 295 g/mol. The smallest absolute Gasteiger partial charge is 0.337 e. The van der Waals surface area contributed by atoms with E-state index in [9.17, 15) is 9.59 Å². The van der Waals surface area contributed by atoms with E-state index in [0.717, 1.165) is 0 Å². The Morgan fingerprint density at radius 1 is 1.29 bits per heavy atom. The van der Waals surface area contributed by atoms with E-state index in [4.69, 9.17) is 9.52 Å². The lowest BCUT2D eigenvalue weighted by atomic mass is 10.1. The van der Waals surface area contributed by atoms with Crippen molar-refractivity contribution >= 4 is 28.2 Å². The van der Waals surface area contributed by atoms with E-state index < -0.39 is 5.97 Å². The van der Waals surface area contributed by atoms with Gasteiger partial charge in [-0.1, -0.05) is 12.1 Å². The van der Waals surface area contributed by atoms with Gasteiger partial charge < -0.3 is 9.52 Å². The summed E-state index contributed by atoms with van der Waals surface area (Å²) in [5.74, 6) is -0.543. The average Bonchev–Trinajstić information content (AvgIpc) is 2.76. The second kappa shape index (κ2) is 4.55. The Balaban J connectivity index is 2.62. The molecule has 0 bridgehead atoms. The van der Waals surface area contributed by atoms with Crippen molar-refractivity contribution < 1.29 is 19.1 Å². The van der Waals surface area contributed by atoms with Gasteiger partial charge >= 0.3 is 5.97 Å². The highest BCUT2D eigenvalue weighted by atomic mass is 79.9. The topological polar surface area (TPSA) is 67.5 Å². The first-order valence-corrected chi connectivity index (χ1v) is 5.50. The number of hydrogen-bond donors (Lipinski definition) is 1. The molecule has 1 heterocycles. The fraction of sp³-hybridized carbons (Fsp3) is 0. The lowest BCUT2D eigenvalue weighted by Gasteiger charge is -2.04. The zero-order valence-corrected chi connectivity index (χ0v) is 10.1. The molecular weight excluding hydrogens is 288 g/mol. The van der Waals surface area contributed by atoms with Gasteiger partial charge in [-0.15, -0.1) is 0 Å². The summed E-state index contributed by atoms with van der Waals surface area (Å²) in [5, 5.41) is 9.13. The van der Waals surface area contributed by atoms with Crippen LogP contribution in [-0.4, -0.2) is 17.4 Å². The van der Waals surface area contributed by atoms with Crippen LogP contribution in [0.3, 0.4) is 0 Å². The standard InChI is InChI=1S/C12H7BrO4/c13-9-3-1-2-8(11(9)12(15)16)10-5-4-7(6-14)17-10/h1-6H,(H,15,16). The van der Waals surface area contributed by atoms with Crippen LogP contribution in [0.2, 0.25) is 0 Å². The molecule has 0 saturated heterocycles. The van der Waals surface area contributed by atoms with E-state index in [1.165, 1.54) is 6.07 Å². The summed E-state index contributed by atoms with van der Waals surface area (Å²) < 4.78 is 5.68. The summed E-state index contributed by atoms with van der Waals surface area (Å²) in [6, 6.07) is 8.03. The van der Waals surface area contributed by atoms with Gasteiger partial charge in [0.2, 0.25) is 0 Å². The molecule has 0 radical (unpaired) electrons. The Morgan fingerprint density at radius 3 is 2.65 bits per heavy atom. The van der Waals surface area contributed by atoms with Crippen molar-refractivity contribution in [3.8, 4) is 11.3 Å². The van der Waals surface area contributed by atoms with Crippen molar-refractivity contribution in [2.75, 3.05) is 0 Å². The number of aromatic carboxylic acids is 1. The predicted molar refractivity (Wildman–Crippen MR) is 64.2 cm³/mol. The first kappa shape index (κ1) is 11.6. The van der Waals surface area contributed by atoms with Gasteiger partial charge in [-0.25, -0.2) is 4.79 Å². The van der Waals surface area contributed by atoms with Crippen LogP contribution in [0.15, 0.2) is 39.2 Å². The minimum absolute atomic E-state index is 0.110. The van der Waals surface area contributed by atoms with Crippen molar-refractivity contribution in [1.82, 2.24) is 0 Å². The molecule has 2 aromatic rings. The fourth-order valence-electron chi connectivity index (χ4n) is 1.51. The number of benzene rings is 1. The number of carboxylic acid groups (broad SMARTS) is 1. The molecule has 0 aliphatic heterocycles. The molecule has 2 rings (SSSR count). The number of furan rings is 1. The van der Waals surface area contributed by atoms with Crippen molar-refractivity contribution in [2.45, 2.75) is 0 Å². The second-order valence-corrected chi connectivity index (χ2v) is 4.14. The minimum atomic E-state index is -1.06. The van der Waals surface area contributed by atoms with Crippen LogP contribution in [0.4, 0.5) is 0 Å². The Bertz CT molecular complexity index is 586. The third-order valence-corrected chi connectivity index (χ3v) is 2.90. The van der Waals surface area contributed by atoms with E-state index in [1.807, 2.05) is 0 Å². The Hall–Kier alpha value is -1.88. The molecule has 1 aromatic heterocycles. The zero-order chi connectivity index (χ0) is 12.4. The number of rotatable bonds is 3. The van der Waals surface area contributed by atoms with Gasteiger partial charge in [0.15, 0.2) is 12.0 Å². The van der Waals surface area contributed by atoms with Gasteiger partial charge in [0, 0.05) is 10.0 Å². The van der Waals surface area contributed by atoms with Crippen molar-refractivity contribution in [1.29, 1.82) is 0 Å². The minimum Gasteiger partial charge on any atom is -0.478 e. The molecule has 5 heteroatoms. The molecule has 0 fully saturated rings. The SMILES string of the molecule is O=Cc1ccc(-c2cccc(Br)c2C(=O)O)o1. The highest BCUT2D eigenvalue weighted by molar-refractivity contribution is 9.10. The van der Waals surface area contributed by atoms with Crippen LogP contribution in [-0.2, 0) is 0 Å². The molecule has 17 heavy (non-hydrogen) atoms. The monoisotopic (exact) mass is 294 g/mol. The van der Waals surface area contributed by atoms with Crippen LogP contribution in [0.5, 0.6) is 0 Å². The highest BCUT2D eigenvalue weighted by Gasteiger charge is 2.17. The number of carboxylic acids is 1. The zero-order valence-electron chi connectivity index (χ0n) is 8.51. The van der Waals surface area contributed by atoms with Gasteiger partial charge in [-0.05, 0) is 34.1 Å². The summed E-state index contributed by atoms with van der Waals surface area (Å²) in [7, 11) is 0. The molecule has 0 amide bonds. The molecule has 4 nitrogen and oxygen atoms in total. The maximum Gasteiger partial charge on any atom is 0.337 e. The van der Waals surface area contributed by atoms with Gasteiger partial charge in [0.1, 0.15) is 5.76 Å². The first-order chi connectivity index (χ1) is 8.13. The molecule has 0 unspecified atom stereocenters. The van der Waals surface area contributed by atoms with E-state index in [0.29, 0.717) is 22.1 Å². The number of carbonyl (C=O) groups is 2. The van der Waals surface area contributed by atoms with E-state index >= 15 is 0 Å². The van der Waals surface area contributed by atoms with Crippen LogP contribution in [0.25, 0.3) is 11.3 Å². The first-order valence-electron chi connectivity index (χ1n) is 4.70. The molecule has 0 aliphatic carbocycles. The van der Waals surface area contributed by atoms with Crippen LogP contribution < -0.4 is 0 Å². The lowest BCUT2D eigenvalue weighted by molar-refractivity contribution is 0.0696.